The molecule has 1 heterocycles. The van der Waals surface area contributed by atoms with Crippen molar-refractivity contribution >= 4 is 23.4 Å². The van der Waals surface area contributed by atoms with Gasteiger partial charge in [0, 0.05) is 29.3 Å². The van der Waals surface area contributed by atoms with Gasteiger partial charge in [0.2, 0.25) is 0 Å². The van der Waals surface area contributed by atoms with Crippen LogP contribution >= 0.6 is 11.6 Å². The molecule has 6 heteroatoms. The monoisotopic (exact) mass is 389 g/mol. The van der Waals surface area contributed by atoms with Gasteiger partial charge in [-0.1, -0.05) is 17.7 Å². The van der Waals surface area contributed by atoms with Crippen molar-refractivity contribution in [1.29, 1.82) is 0 Å². The number of ketones is 1. The molecule has 1 aromatic carbocycles. The van der Waals surface area contributed by atoms with Crippen LogP contribution in [0.2, 0.25) is 5.02 Å². The molecule has 0 aromatic heterocycles. The zero-order valence-electron chi connectivity index (χ0n) is 15.9. The minimum Gasteiger partial charge on any atom is -0.492 e. The highest BCUT2D eigenvalue weighted by Gasteiger charge is 2.39. The van der Waals surface area contributed by atoms with Crippen LogP contribution in [-0.4, -0.2) is 25.0 Å². The summed E-state index contributed by atoms with van der Waals surface area (Å²) in [6.07, 6.45) is 2.08. The first-order valence-electron chi connectivity index (χ1n) is 9.31. The molecule has 0 saturated carbocycles. The molecular weight excluding hydrogens is 366 g/mol. The van der Waals surface area contributed by atoms with E-state index in [4.69, 9.17) is 21.1 Å². The smallest absolute Gasteiger partial charge is 0.336 e. The van der Waals surface area contributed by atoms with Gasteiger partial charge in [-0.15, -0.1) is 0 Å². The largest absolute Gasteiger partial charge is 0.492 e. The molecule has 2 aliphatic rings. The van der Waals surface area contributed by atoms with E-state index in [1.54, 1.807) is 19.1 Å². The number of rotatable bonds is 5. The van der Waals surface area contributed by atoms with Gasteiger partial charge in [-0.2, -0.15) is 0 Å². The molecule has 1 atom stereocenters. The molecule has 0 radical (unpaired) electrons. The van der Waals surface area contributed by atoms with Crippen molar-refractivity contribution in [2.24, 2.45) is 0 Å². The molecule has 0 amide bonds. The van der Waals surface area contributed by atoms with Crippen molar-refractivity contribution in [3.63, 3.8) is 0 Å². The van der Waals surface area contributed by atoms with Crippen molar-refractivity contribution in [3.8, 4) is 5.75 Å². The maximum absolute atomic E-state index is 12.8. The third-order valence-electron chi connectivity index (χ3n) is 4.86. The lowest BCUT2D eigenvalue weighted by Gasteiger charge is -2.34. The number of carbonyl (C=O) groups is 2. The number of allylic oxidation sites excluding steroid dienone is 3. The van der Waals surface area contributed by atoms with Crippen molar-refractivity contribution in [2.45, 2.75) is 46.0 Å². The molecule has 27 heavy (non-hydrogen) atoms. The van der Waals surface area contributed by atoms with Gasteiger partial charge in [0.25, 0.3) is 0 Å². The molecule has 1 unspecified atom stereocenters. The Labute approximate surface area is 164 Å². The van der Waals surface area contributed by atoms with Gasteiger partial charge in [-0.25, -0.2) is 4.79 Å². The summed E-state index contributed by atoms with van der Waals surface area (Å²) in [6, 6.07) is 5.43. The highest BCUT2D eigenvalue weighted by atomic mass is 35.5. The highest BCUT2D eigenvalue weighted by molar-refractivity contribution is 6.32. The molecule has 0 bridgehead atoms. The van der Waals surface area contributed by atoms with E-state index in [2.05, 4.69) is 5.32 Å². The molecule has 1 N–H and O–H groups in total. The highest BCUT2D eigenvalue weighted by Crippen LogP contribution is 2.43. The van der Waals surface area contributed by atoms with Crippen LogP contribution in [0.4, 0.5) is 0 Å². The Morgan fingerprint density at radius 2 is 2.04 bits per heavy atom. The molecule has 1 aliphatic carbocycles. The summed E-state index contributed by atoms with van der Waals surface area (Å²) in [7, 11) is 0. The predicted octanol–water partition coefficient (Wildman–Crippen LogP) is 4.27. The molecule has 3 rings (SSSR count). The number of ether oxygens (including phenoxy) is 2. The van der Waals surface area contributed by atoms with E-state index in [1.807, 2.05) is 19.9 Å². The van der Waals surface area contributed by atoms with Crippen LogP contribution in [0.5, 0.6) is 5.75 Å². The number of esters is 1. The Bertz CT molecular complexity index is 841. The number of halogens is 1. The average molecular weight is 390 g/mol. The first-order chi connectivity index (χ1) is 13.0. The molecule has 0 fully saturated rings. The molecule has 0 saturated heterocycles. The van der Waals surface area contributed by atoms with Crippen molar-refractivity contribution in [2.75, 3.05) is 13.2 Å². The fraction of sp³-hybridized carbons (Fsp3) is 0.429. The zero-order valence-corrected chi connectivity index (χ0v) is 16.6. The fourth-order valence-corrected chi connectivity index (χ4v) is 4.01. The molecule has 1 aliphatic heterocycles. The molecular formula is C21H24ClNO4. The van der Waals surface area contributed by atoms with Crippen molar-refractivity contribution in [3.05, 3.63) is 51.3 Å². The minimum absolute atomic E-state index is 0.0630. The molecule has 1 aromatic rings. The summed E-state index contributed by atoms with van der Waals surface area (Å²) < 4.78 is 10.8. The second kappa shape index (κ2) is 8.17. The SMILES string of the molecule is CCOC(=O)C1=C(C)NC2=C(C(=O)CCC2)C1c1ccc(OCC)c(Cl)c1. The van der Waals surface area contributed by atoms with E-state index in [0.29, 0.717) is 34.9 Å². The van der Waals surface area contributed by atoms with Crippen molar-refractivity contribution in [1.82, 2.24) is 5.32 Å². The third kappa shape index (κ3) is 3.74. The number of hydrogen-bond donors (Lipinski definition) is 1. The zero-order chi connectivity index (χ0) is 19.6. The van der Waals surface area contributed by atoms with E-state index in [1.165, 1.54) is 0 Å². The lowest BCUT2D eigenvalue weighted by molar-refractivity contribution is -0.138. The number of carbonyl (C=O) groups excluding carboxylic acids is 2. The normalized spacial score (nSPS) is 19.6. The summed E-state index contributed by atoms with van der Waals surface area (Å²) in [4.78, 5) is 25.5. The second-order valence-corrected chi connectivity index (χ2v) is 7.02. The first-order valence-corrected chi connectivity index (χ1v) is 9.69. The lowest BCUT2D eigenvalue weighted by atomic mass is 9.75. The lowest BCUT2D eigenvalue weighted by Crippen LogP contribution is -2.34. The van der Waals surface area contributed by atoms with Gasteiger partial charge in [-0.3, -0.25) is 4.79 Å². The molecule has 0 spiro atoms. The van der Waals surface area contributed by atoms with E-state index in [0.717, 1.165) is 29.8 Å². The Morgan fingerprint density at radius 3 is 2.70 bits per heavy atom. The van der Waals surface area contributed by atoms with E-state index in [-0.39, 0.29) is 12.4 Å². The Balaban J connectivity index is 2.14. The Morgan fingerprint density at radius 1 is 1.26 bits per heavy atom. The third-order valence-corrected chi connectivity index (χ3v) is 5.16. The van der Waals surface area contributed by atoms with Crippen LogP contribution in [0, 0.1) is 0 Å². The summed E-state index contributed by atoms with van der Waals surface area (Å²) in [5.41, 5.74) is 3.51. The second-order valence-electron chi connectivity index (χ2n) is 6.61. The van der Waals surface area contributed by atoms with Gasteiger partial charge in [-0.05, 0) is 51.3 Å². The van der Waals surface area contributed by atoms with Gasteiger partial charge in [0.15, 0.2) is 5.78 Å². The number of benzene rings is 1. The number of hydrogen-bond acceptors (Lipinski definition) is 5. The maximum Gasteiger partial charge on any atom is 0.336 e. The topological polar surface area (TPSA) is 64.6 Å². The molecule has 5 nitrogen and oxygen atoms in total. The Kier molecular flexibility index (Phi) is 5.90. The number of dihydropyridines is 1. The van der Waals surface area contributed by atoms with Crippen LogP contribution in [-0.2, 0) is 14.3 Å². The van der Waals surface area contributed by atoms with Crippen LogP contribution in [0.15, 0.2) is 40.7 Å². The van der Waals surface area contributed by atoms with Crippen LogP contribution in [0.3, 0.4) is 0 Å². The minimum atomic E-state index is -0.485. The quantitative estimate of drug-likeness (QED) is 0.762. The van der Waals surface area contributed by atoms with E-state index >= 15 is 0 Å². The summed E-state index contributed by atoms with van der Waals surface area (Å²) >= 11 is 6.39. The van der Waals surface area contributed by atoms with Crippen LogP contribution in [0.1, 0.15) is 51.5 Å². The van der Waals surface area contributed by atoms with Crippen LogP contribution < -0.4 is 10.1 Å². The number of nitrogens with one attached hydrogen (secondary N) is 1. The maximum atomic E-state index is 12.8. The fourth-order valence-electron chi connectivity index (χ4n) is 3.77. The van der Waals surface area contributed by atoms with Gasteiger partial charge in [0.05, 0.1) is 23.8 Å². The number of Topliss-reactive ketones (excluding diaryl/α,β-unsaturated/α-hetero) is 1. The standard InChI is InChI=1S/C21H24ClNO4/c1-4-26-17-10-9-13(11-14(17)22)19-18(21(25)27-5-2)12(3)23-15-7-6-8-16(24)20(15)19/h9-11,19,23H,4-8H2,1-3H3. The van der Waals surface area contributed by atoms with Crippen molar-refractivity contribution < 1.29 is 19.1 Å². The Hall–Kier alpha value is -2.27. The summed E-state index contributed by atoms with van der Waals surface area (Å²) in [5.74, 6) is -0.254. The average Bonchev–Trinajstić information content (AvgIpc) is 2.62. The molecule has 144 valence electrons. The van der Waals surface area contributed by atoms with Crippen LogP contribution in [0.25, 0.3) is 0 Å². The first kappa shape index (κ1) is 19.5. The summed E-state index contributed by atoms with van der Waals surface area (Å²) in [6.45, 7) is 6.28. The van der Waals surface area contributed by atoms with E-state index in [9.17, 15) is 9.59 Å². The van der Waals surface area contributed by atoms with Gasteiger partial charge < -0.3 is 14.8 Å². The van der Waals surface area contributed by atoms with Gasteiger partial charge in [0.1, 0.15) is 5.75 Å². The van der Waals surface area contributed by atoms with Gasteiger partial charge >= 0.3 is 5.97 Å². The van der Waals surface area contributed by atoms with E-state index < -0.39 is 11.9 Å². The summed E-state index contributed by atoms with van der Waals surface area (Å²) in [5, 5.41) is 3.72. The predicted molar refractivity (Wildman–Crippen MR) is 104 cm³/mol.